The van der Waals surface area contributed by atoms with Crippen molar-refractivity contribution in [3.63, 3.8) is 0 Å². The van der Waals surface area contributed by atoms with Gasteiger partial charge in [-0.3, -0.25) is 4.98 Å². The summed E-state index contributed by atoms with van der Waals surface area (Å²) < 4.78 is 9.85. The van der Waals surface area contributed by atoms with E-state index in [2.05, 4.69) is 20.2 Å². The number of alkyl carbamates (subject to hydrolysis) is 1. The number of carbonyl (C=O) groups is 1. The number of oxime groups is 1. The van der Waals surface area contributed by atoms with E-state index in [0.717, 1.165) is 22.5 Å². The molecular formula is C28H47N3O4. The number of amides is 1. The van der Waals surface area contributed by atoms with Crippen molar-refractivity contribution in [1.82, 2.24) is 10.3 Å². The third-order valence-electron chi connectivity index (χ3n) is 3.68. The molecule has 1 heterocycles. The SMILES string of the molecule is C/C=C\C.CC.CC.CC.COC(=O)NCc1cc(C=NOCc2cccc(C)n2)ccc1OC. The fourth-order valence-corrected chi connectivity index (χ4v) is 2.14. The first-order valence-corrected chi connectivity index (χ1v) is 12.2. The molecular weight excluding hydrogens is 442 g/mol. The summed E-state index contributed by atoms with van der Waals surface area (Å²) in [4.78, 5) is 20.8. The number of pyridine rings is 1. The van der Waals surface area contributed by atoms with E-state index in [1.807, 2.05) is 105 Å². The van der Waals surface area contributed by atoms with E-state index < -0.39 is 6.09 Å². The Kier molecular flexibility index (Phi) is 27.8. The minimum Gasteiger partial charge on any atom is -0.496 e. The molecule has 1 amide bonds. The molecule has 198 valence electrons. The van der Waals surface area contributed by atoms with Crippen molar-refractivity contribution in [2.75, 3.05) is 14.2 Å². The first-order valence-electron chi connectivity index (χ1n) is 12.2. The van der Waals surface area contributed by atoms with E-state index >= 15 is 0 Å². The van der Waals surface area contributed by atoms with Crippen LogP contribution in [0, 0.1) is 6.92 Å². The summed E-state index contributed by atoms with van der Waals surface area (Å²) in [5, 5.41) is 6.58. The molecule has 35 heavy (non-hydrogen) atoms. The maximum absolute atomic E-state index is 11.2. The van der Waals surface area contributed by atoms with Crippen LogP contribution in [0.5, 0.6) is 5.75 Å². The Morgan fingerprint density at radius 1 is 1.00 bits per heavy atom. The van der Waals surface area contributed by atoms with Gasteiger partial charge in [0.25, 0.3) is 0 Å². The van der Waals surface area contributed by atoms with Crippen LogP contribution >= 0.6 is 0 Å². The molecule has 0 aliphatic heterocycles. The van der Waals surface area contributed by atoms with E-state index in [-0.39, 0.29) is 6.54 Å². The molecule has 0 spiro atoms. The van der Waals surface area contributed by atoms with Crippen molar-refractivity contribution in [2.45, 2.75) is 75.5 Å². The number of hydrogen-bond donors (Lipinski definition) is 1. The fourth-order valence-electron chi connectivity index (χ4n) is 2.14. The lowest BCUT2D eigenvalue weighted by Gasteiger charge is -2.10. The number of nitrogens with one attached hydrogen (secondary N) is 1. The van der Waals surface area contributed by atoms with E-state index in [1.165, 1.54) is 7.11 Å². The number of methoxy groups -OCH3 is 2. The largest absolute Gasteiger partial charge is 0.496 e. The second kappa shape index (κ2) is 26.9. The highest BCUT2D eigenvalue weighted by Gasteiger charge is 2.06. The minimum atomic E-state index is -0.505. The van der Waals surface area contributed by atoms with Crippen molar-refractivity contribution < 1.29 is 19.1 Å². The molecule has 0 aliphatic carbocycles. The Hall–Kier alpha value is -3.35. The number of carbonyl (C=O) groups excluding carboxylic acids is 1. The van der Waals surface area contributed by atoms with Crippen LogP contribution in [0.25, 0.3) is 0 Å². The number of rotatable bonds is 7. The summed E-state index contributed by atoms with van der Waals surface area (Å²) in [6.07, 6.45) is 5.09. The van der Waals surface area contributed by atoms with Crippen LogP contribution in [0.15, 0.2) is 53.7 Å². The molecule has 2 rings (SSSR count). The van der Waals surface area contributed by atoms with Crippen LogP contribution in [0.3, 0.4) is 0 Å². The summed E-state index contributed by atoms with van der Waals surface area (Å²) >= 11 is 0. The Morgan fingerprint density at radius 3 is 2.14 bits per heavy atom. The van der Waals surface area contributed by atoms with Gasteiger partial charge in [-0.15, -0.1) is 0 Å². The summed E-state index contributed by atoms with van der Waals surface area (Å²) in [5.74, 6) is 0.665. The molecule has 0 bridgehead atoms. The number of allylic oxidation sites excluding steroid dienone is 2. The van der Waals surface area contributed by atoms with Gasteiger partial charge in [-0.25, -0.2) is 4.79 Å². The van der Waals surface area contributed by atoms with E-state index in [4.69, 9.17) is 9.57 Å². The van der Waals surface area contributed by atoms with Gasteiger partial charge in [0.05, 0.1) is 26.1 Å². The highest BCUT2D eigenvalue weighted by atomic mass is 16.6. The molecule has 0 radical (unpaired) electrons. The number of ether oxygens (including phenoxy) is 2. The smallest absolute Gasteiger partial charge is 0.407 e. The Labute approximate surface area is 213 Å². The average molecular weight is 490 g/mol. The van der Waals surface area contributed by atoms with Gasteiger partial charge >= 0.3 is 6.09 Å². The molecule has 0 saturated heterocycles. The van der Waals surface area contributed by atoms with Crippen molar-refractivity contribution in [3.05, 3.63) is 71.1 Å². The minimum absolute atomic E-state index is 0.283. The van der Waals surface area contributed by atoms with Crippen LogP contribution in [-0.2, 0) is 22.7 Å². The molecule has 0 saturated carbocycles. The lowest BCUT2D eigenvalue weighted by molar-refractivity contribution is 0.129. The third kappa shape index (κ3) is 18.7. The topological polar surface area (TPSA) is 82.0 Å². The van der Waals surface area contributed by atoms with Gasteiger partial charge in [0.2, 0.25) is 0 Å². The first-order chi connectivity index (χ1) is 17.0. The molecule has 7 heteroatoms. The van der Waals surface area contributed by atoms with Crippen LogP contribution in [0.2, 0.25) is 0 Å². The highest BCUT2D eigenvalue weighted by molar-refractivity contribution is 5.80. The molecule has 1 aromatic carbocycles. The maximum atomic E-state index is 11.2. The highest BCUT2D eigenvalue weighted by Crippen LogP contribution is 2.19. The lowest BCUT2D eigenvalue weighted by atomic mass is 10.1. The van der Waals surface area contributed by atoms with Gasteiger partial charge < -0.3 is 19.6 Å². The summed E-state index contributed by atoms with van der Waals surface area (Å²) in [7, 11) is 2.89. The second-order valence-corrected chi connectivity index (χ2v) is 5.86. The second-order valence-electron chi connectivity index (χ2n) is 5.86. The van der Waals surface area contributed by atoms with Gasteiger partial charge in [0.15, 0.2) is 6.61 Å². The summed E-state index contributed by atoms with van der Waals surface area (Å²) in [6, 6.07) is 11.2. The number of benzene rings is 1. The van der Waals surface area contributed by atoms with Gasteiger partial charge in [0, 0.05) is 17.8 Å². The Bertz CT molecular complexity index is 818. The van der Waals surface area contributed by atoms with Gasteiger partial charge in [-0.1, -0.05) is 64.9 Å². The Balaban J connectivity index is -0.000000892. The molecule has 1 aromatic heterocycles. The number of aryl methyl sites for hydroxylation is 1. The molecule has 1 N–H and O–H groups in total. The van der Waals surface area contributed by atoms with Gasteiger partial charge in [0.1, 0.15) is 5.75 Å². The molecule has 0 atom stereocenters. The lowest BCUT2D eigenvalue weighted by Crippen LogP contribution is -2.22. The molecule has 0 unspecified atom stereocenters. The van der Waals surface area contributed by atoms with Crippen molar-refractivity contribution in [2.24, 2.45) is 5.16 Å². The fraction of sp³-hybridized carbons (Fsp3) is 0.464. The third-order valence-corrected chi connectivity index (χ3v) is 3.68. The standard InChI is InChI=1S/C18H21N3O4.C4H8.3C2H6/c1-13-5-4-6-16(21-13)12-25-20-10-14-7-8-17(23-2)15(9-14)11-19-18(22)24-3;1-3-4-2;3*1-2/h4-10H,11-12H2,1-3H3,(H,19,22);3-4H,1-2H3;3*1-2H3/b;4-3-;;;. The quantitative estimate of drug-likeness (QED) is 0.248. The number of nitrogens with zero attached hydrogens (tertiary/aromatic N) is 2. The molecule has 2 aromatic rings. The summed E-state index contributed by atoms with van der Waals surface area (Å²) in [6.45, 7) is 18.5. The normalized spacial score (nSPS) is 9.11. The van der Waals surface area contributed by atoms with E-state index in [0.29, 0.717) is 12.4 Å². The predicted octanol–water partition coefficient (Wildman–Crippen LogP) is 7.47. The zero-order valence-corrected chi connectivity index (χ0v) is 23.6. The van der Waals surface area contributed by atoms with E-state index in [9.17, 15) is 4.79 Å². The van der Waals surface area contributed by atoms with Crippen molar-refractivity contribution in [1.29, 1.82) is 0 Å². The maximum Gasteiger partial charge on any atom is 0.407 e. The number of aromatic nitrogens is 1. The van der Waals surface area contributed by atoms with Crippen LogP contribution < -0.4 is 10.1 Å². The molecule has 7 nitrogen and oxygen atoms in total. The molecule has 0 aliphatic rings. The van der Waals surface area contributed by atoms with E-state index in [1.54, 1.807) is 19.4 Å². The number of hydrogen-bond acceptors (Lipinski definition) is 6. The van der Waals surface area contributed by atoms with Crippen LogP contribution in [0.4, 0.5) is 4.79 Å². The molecule has 0 fully saturated rings. The zero-order valence-electron chi connectivity index (χ0n) is 23.6. The Morgan fingerprint density at radius 2 is 1.63 bits per heavy atom. The summed E-state index contributed by atoms with van der Waals surface area (Å²) in [5.41, 5.74) is 3.37. The predicted molar refractivity (Wildman–Crippen MR) is 148 cm³/mol. The average Bonchev–Trinajstić information content (AvgIpc) is 2.93. The van der Waals surface area contributed by atoms with Crippen LogP contribution in [0.1, 0.15) is 77.9 Å². The zero-order chi connectivity index (χ0) is 27.5. The van der Waals surface area contributed by atoms with Crippen molar-refractivity contribution in [3.8, 4) is 5.75 Å². The van der Waals surface area contributed by atoms with Gasteiger partial charge in [-0.05, 0) is 56.7 Å². The van der Waals surface area contributed by atoms with Gasteiger partial charge in [-0.2, -0.15) is 0 Å². The van der Waals surface area contributed by atoms with Crippen molar-refractivity contribution >= 4 is 12.3 Å². The first kappa shape index (κ1) is 36.2. The monoisotopic (exact) mass is 489 g/mol. The van der Waals surface area contributed by atoms with Crippen LogP contribution in [-0.4, -0.2) is 31.5 Å².